The van der Waals surface area contributed by atoms with Gasteiger partial charge in [-0.05, 0) is 43.2 Å². The number of ether oxygens (including phenoxy) is 2. The number of aromatic nitrogens is 8. The van der Waals surface area contributed by atoms with Crippen molar-refractivity contribution in [3.05, 3.63) is 149 Å². The molecule has 0 spiro atoms. The van der Waals surface area contributed by atoms with Crippen molar-refractivity contribution < 1.29 is 33.4 Å². The summed E-state index contributed by atoms with van der Waals surface area (Å²) in [7, 11) is 0. The van der Waals surface area contributed by atoms with Gasteiger partial charge in [0.25, 0.3) is 5.91 Å². The van der Waals surface area contributed by atoms with Crippen LogP contribution in [0, 0.1) is 6.92 Å². The molecule has 2 aromatic carbocycles. The Kier molecular flexibility index (Phi) is 15.9. The van der Waals surface area contributed by atoms with Gasteiger partial charge in [0.05, 0.1) is 16.8 Å². The molecule has 21 heteroatoms. The van der Waals surface area contributed by atoms with Crippen LogP contribution >= 0.6 is 0 Å². The summed E-state index contributed by atoms with van der Waals surface area (Å²) in [6.07, 6.45) is 8.83. The number of carbonyl (C=O) groups is 5. The van der Waals surface area contributed by atoms with Crippen molar-refractivity contribution in [1.29, 1.82) is 0 Å². The largest absolute Gasteiger partial charge is 0.445 e. The fourth-order valence-corrected chi connectivity index (χ4v) is 6.25. The van der Waals surface area contributed by atoms with Gasteiger partial charge >= 0.3 is 12.2 Å². The van der Waals surface area contributed by atoms with Gasteiger partial charge in [-0.2, -0.15) is 5.10 Å². The lowest BCUT2D eigenvalue weighted by Gasteiger charge is -2.09. The van der Waals surface area contributed by atoms with E-state index in [1.165, 1.54) is 18.5 Å². The highest BCUT2D eigenvalue weighted by Gasteiger charge is 2.19. The smallest absolute Gasteiger partial charge is 0.407 e. The number of primary amides is 2. The molecule has 0 fully saturated rings. The first kappa shape index (κ1) is 46.6. The summed E-state index contributed by atoms with van der Waals surface area (Å²) in [5, 5.41) is 12.4. The number of nitrogen functional groups attached to an aromatic ring is 1. The molecule has 0 saturated carbocycles. The van der Waals surface area contributed by atoms with Crippen LogP contribution in [0.3, 0.4) is 0 Å². The molecule has 0 saturated heterocycles. The average Bonchev–Trinajstić information content (AvgIpc) is 3.98. The van der Waals surface area contributed by atoms with Crippen molar-refractivity contribution in [2.75, 3.05) is 24.1 Å². The molecule has 0 unspecified atom stereocenters. The first-order valence-corrected chi connectivity index (χ1v) is 20.5. The Morgan fingerprint density at radius 3 is 1.70 bits per heavy atom. The fourth-order valence-electron chi connectivity index (χ4n) is 6.25. The predicted octanol–water partition coefficient (Wildman–Crippen LogP) is 4.38. The summed E-state index contributed by atoms with van der Waals surface area (Å²) in [6.45, 7) is 5.85. The Labute approximate surface area is 377 Å². The molecule has 5 heterocycles. The molecule has 5 amide bonds. The third-order valence-electron chi connectivity index (χ3n) is 9.49. The van der Waals surface area contributed by atoms with Gasteiger partial charge in [0.15, 0.2) is 11.3 Å². The Bertz CT molecular complexity index is 2890. The van der Waals surface area contributed by atoms with Crippen LogP contribution in [0.25, 0.3) is 22.3 Å². The first-order chi connectivity index (χ1) is 31.9. The number of benzene rings is 2. The number of rotatable bonds is 17. The number of nitrogens with two attached hydrogens (primary N) is 3. The second-order valence-electron chi connectivity index (χ2n) is 14.3. The summed E-state index contributed by atoms with van der Waals surface area (Å²) in [5.74, 6) is -1.09. The molecule has 340 valence electrons. The molecule has 21 nitrogen and oxygen atoms in total. The Morgan fingerprint density at radius 1 is 0.682 bits per heavy atom. The zero-order valence-corrected chi connectivity index (χ0v) is 36.1. The minimum atomic E-state index is -0.632. The molecular weight excluding hydrogens is 849 g/mol. The van der Waals surface area contributed by atoms with Gasteiger partial charge in [0.2, 0.25) is 23.7 Å². The number of hydrogen-bond acceptors (Lipinski definition) is 13. The van der Waals surface area contributed by atoms with Crippen molar-refractivity contribution in [2.24, 2.45) is 11.5 Å². The lowest BCUT2D eigenvalue weighted by molar-refractivity contribution is 0.0991. The summed E-state index contributed by atoms with van der Waals surface area (Å²) in [6, 6.07) is 23.6. The number of aryl methyl sites for hydroxylation is 2. The molecular formula is C45H48N14O7. The first-order valence-electron chi connectivity index (χ1n) is 20.5. The van der Waals surface area contributed by atoms with E-state index in [1.807, 2.05) is 80.6 Å². The Hall–Kier alpha value is -8.88. The number of imidazole rings is 2. The topological polar surface area (TPSA) is 297 Å². The number of anilines is 2. The van der Waals surface area contributed by atoms with E-state index in [9.17, 15) is 24.0 Å². The summed E-state index contributed by atoms with van der Waals surface area (Å²) in [4.78, 5) is 76.7. The van der Waals surface area contributed by atoms with Crippen molar-refractivity contribution >= 4 is 64.1 Å². The van der Waals surface area contributed by atoms with Gasteiger partial charge in [-0.1, -0.05) is 85.0 Å². The molecule has 0 aliphatic rings. The molecule has 0 aliphatic heterocycles. The fraction of sp³-hybridized carbons (Fsp3) is 0.200. The van der Waals surface area contributed by atoms with Crippen LogP contribution in [-0.2, 0) is 42.3 Å². The van der Waals surface area contributed by atoms with Gasteiger partial charge in [-0.25, -0.2) is 29.5 Å². The minimum Gasteiger partial charge on any atom is -0.445 e. The number of alkyl carbamates (subject to hydrolysis) is 2. The van der Waals surface area contributed by atoms with Gasteiger partial charge in [-0.3, -0.25) is 33.5 Å². The SMILES string of the molecule is CCn1nc(C)cc1C(=O)Nc1nc2cc(C(N)=O)cnc2n1C/C=C/CNC(=O)OCc1ccccc1.NC(=O)c1cnc2c(c1)nc(N)n2C/C=C/CNC(=O)OCc1ccccc1. The summed E-state index contributed by atoms with van der Waals surface area (Å²) < 4.78 is 15.3. The van der Waals surface area contributed by atoms with Crippen molar-refractivity contribution in [3.8, 4) is 0 Å². The molecule has 9 N–H and O–H groups in total. The highest BCUT2D eigenvalue weighted by Crippen LogP contribution is 2.21. The molecule has 7 aromatic rings. The van der Waals surface area contributed by atoms with Crippen LogP contribution in [0.4, 0.5) is 21.5 Å². The second-order valence-corrected chi connectivity index (χ2v) is 14.3. The average molecular weight is 897 g/mol. The second kappa shape index (κ2) is 22.5. The lowest BCUT2D eigenvalue weighted by Crippen LogP contribution is -2.24. The van der Waals surface area contributed by atoms with Crippen LogP contribution in [0.2, 0.25) is 0 Å². The molecule has 0 radical (unpaired) electrons. The summed E-state index contributed by atoms with van der Waals surface area (Å²) in [5.41, 5.74) is 21.8. The van der Waals surface area contributed by atoms with Crippen LogP contribution in [0.15, 0.2) is 116 Å². The van der Waals surface area contributed by atoms with E-state index >= 15 is 0 Å². The number of pyridine rings is 2. The monoisotopic (exact) mass is 896 g/mol. The number of carbonyl (C=O) groups excluding carboxylic acids is 5. The van der Waals surface area contributed by atoms with Crippen LogP contribution in [0.1, 0.15) is 54.9 Å². The molecule has 0 bridgehead atoms. The Balaban J connectivity index is 0.000000229. The zero-order valence-electron chi connectivity index (χ0n) is 36.1. The van der Waals surface area contributed by atoms with Gasteiger partial charge in [-0.15, -0.1) is 0 Å². The lowest BCUT2D eigenvalue weighted by atomic mass is 10.2. The predicted molar refractivity (Wildman–Crippen MR) is 245 cm³/mol. The molecule has 7 rings (SSSR count). The van der Waals surface area contributed by atoms with E-state index < -0.39 is 24.0 Å². The molecule has 0 aliphatic carbocycles. The number of allylic oxidation sites excluding steroid dienone is 2. The van der Waals surface area contributed by atoms with Gasteiger partial charge < -0.3 is 37.3 Å². The highest BCUT2D eigenvalue weighted by atomic mass is 16.6. The number of amides is 5. The molecule has 66 heavy (non-hydrogen) atoms. The maximum Gasteiger partial charge on any atom is 0.407 e. The van der Waals surface area contributed by atoms with Gasteiger partial charge in [0.1, 0.15) is 29.9 Å². The van der Waals surface area contributed by atoms with Crippen LogP contribution in [0.5, 0.6) is 0 Å². The third kappa shape index (κ3) is 12.6. The zero-order chi connectivity index (χ0) is 47.0. The number of fused-ring (bicyclic) bond motifs is 2. The maximum absolute atomic E-state index is 13.0. The number of nitrogens with one attached hydrogen (secondary N) is 3. The number of hydrogen-bond donors (Lipinski definition) is 6. The minimum absolute atomic E-state index is 0.176. The maximum atomic E-state index is 13.0. The molecule has 5 aromatic heterocycles. The van der Waals surface area contributed by atoms with E-state index in [4.69, 9.17) is 26.7 Å². The van der Waals surface area contributed by atoms with Crippen molar-refractivity contribution in [1.82, 2.24) is 49.5 Å². The van der Waals surface area contributed by atoms with Crippen molar-refractivity contribution in [2.45, 2.75) is 46.7 Å². The van der Waals surface area contributed by atoms with Gasteiger partial charge in [0, 0.05) is 45.1 Å². The van der Waals surface area contributed by atoms with E-state index in [0.29, 0.717) is 47.7 Å². The standard InChI is InChI=1S/C26H28N8O4.C19H20N6O3/c1-3-34-21(13-17(2)32-34)24(36)31-25-30-20-14-19(22(27)35)15-29-23(20)33(25)12-8-7-11-28-26(37)38-16-18-9-5-4-6-10-18;20-16(26)14-10-15-17(23-11-14)25(18(21)24-15)9-5-4-8-22-19(27)28-12-13-6-2-1-3-7-13/h4-10,13-15H,3,11-12,16H2,1-2H3,(H2,27,35)(H,28,37)(H,30,31,36);1-7,10-11H,8-9,12H2,(H2,20,26)(H2,21,24)(H,22,27)/b8-7+;5-4+. The van der Waals surface area contributed by atoms with Crippen LogP contribution < -0.4 is 33.2 Å². The normalized spacial score (nSPS) is 11.1. The molecule has 0 atom stereocenters. The van der Waals surface area contributed by atoms with E-state index in [1.54, 1.807) is 44.2 Å². The Morgan fingerprint density at radius 2 is 1.18 bits per heavy atom. The van der Waals surface area contributed by atoms with E-state index in [-0.39, 0.29) is 55.2 Å². The third-order valence-corrected chi connectivity index (χ3v) is 9.49. The van der Waals surface area contributed by atoms with E-state index in [2.05, 4.69) is 41.0 Å². The quantitative estimate of drug-likeness (QED) is 0.0693. The van der Waals surface area contributed by atoms with Crippen LogP contribution in [-0.4, -0.2) is 81.8 Å². The summed E-state index contributed by atoms with van der Waals surface area (Å²) >= 11 is 0. The highest BCUT2D eigenvalue weighted by molar-refractivity contribution is 6.03. The van der Waals surface area contributed by atoms with E-state index in [0.717, 1.165) is 16.8 Å². The van der Waals surface area contributed by atoms with Crippen molar-refractivity contribution in [3.63, 3.8) is 0 Å². The number of nitrogens with zero attached hydrogens (tertiary/aromatic N) is 8.